The number of halogens is 1. The van der Waals surface area contributed by atoms with Crippen molar-refractivity contribution >= 4 is 23.7 Å². The van der Waals surface area contributed by atoms with E-state index in [0.717, 1.165) is 11.8 Å². The van der Waals surface area contributed by atoms with Gasteiger partial charge in [0.2, 0.25) is 5.91 Å². The van der Waals surface area contributed by atoms with Crippen molar-refractivity contribution < 1.29 is 18.4 Å². The zero-order chi connectivity index (χ0) is 17.5. The molecule has 0 aliphatic carbocycles. The number of nitrogens with zero attached hydrogens (tertiary/aromatic N) is 2. The van der Waals surface area contributed by atoms with Crippen LogP contribution >= 0.6 is 11.8 Å². The summed E-state index contributed by atoms with van der Waals surface area (Å²) in [4.78, 5) is 23.1. The first-order valence-electron chi connectivity index (χ1n) is 7.24. The van der Waals surface area contributed by atoms with Gasteiger partial charge in [0.15, 0.2) is 0 Å². The second-order valence-electron chi connectivity index (χ2n) is 5.29. The summed E-state index contributed by atoms with van der Waals surface area (Å²) in [5.74, 6) is -0.723. The van der Waals surface area contributed by atoms with E-state index in [-0.39, 0.29) is 28.3 Å². The second-order valence-corrected chi connectivity index (χ2v) is 6.22. The summed E-state index contributed by atoms with van der Waals surface area (Å²) >= 11 is 0.961. The van der Waals surface area contributed by atoms with Crippen LogP contribution in [-0.4, -0.2) is 34.4 Å². The van der Waals surface area contributed by atoms with E-state index in [2.05, 4.69) is 20.8 Å². The number of aromatic nitrogens is 2. The fourth-order valence-electron chi connectivity index (χ4n) is 1.64. The van der Waals surface area contributed by atoms with Crippen LogP contribution in [0.2, 0.25) is 0 Å². The molecular weight excluding hydrogens is 335 g/mol. The van der Waals surface area contributed by atoms with Gasteiger partial charge in [-0.15, -0.1) is 10.2 Å². The molecular formula is C15H17FN4O3S. The highest BCUT2D eigenvalue weighted by molar-refractivity contribution is 7.99. The second kappa shape index (κ2) is 8.44. The van der Waals surface area contributed by atoms with Crippen LogP contribution in [0.4, 0.5) is 9.18 Å². The minimum absolute atomic E-state index is 0.0330. The number of benzene rings is 1. The predicted octanol–water partition coefficient (Wildman–Crippen LogP) is 2.45. The highest BCUT2D eigenvalue weighted by Gasteiger charge is 2.15. The molecule has 2 N–H and O–H groups in total. The topological polar surface area (TPSA) is 97.1 Å². The van der Waals surface area contributed by atoms with Crippen LogP contribution in [0.5, 0.6) is 0 Å². The van der Waals surface area contributed by atoms with Gasteiger partial charge in [-0.3, -0.25) is 10.1 Å². The number of carbonyl (C=O) groups is 2. The third-order valence-corrected chi connectivity index (χ3v) is 3.58. The molecule has 24 heavy (non-hydrogen) atoms. The van der Waals surface area contributed by atoms with Gasteiger partial charge in [-0.05, 0) is 18.1 Å². The summed E-state index contributed by atoms with van der Waals surface area (Å²) in [6.07, 6.45) is 0. The summed E-state index contributed by atoms with van der Waals surface area (Å²) in [5.41, 5.74) is 0.189. The maximum absolute atomic E-state index is 13.6. The molecule has 0 aliphatic rings. The van der Waals surface area contributed by atoms with E-state index < -0.39 is 17.8 Å². The molecule has 0 bridgehead atoms. The molecule has 0 spiro atoms. The first-order valence-corrected chi connectivity index (χ1v) is 8.23. The number of urea groups is 1. The molecule has 128 valence electrons. The summed E-state index contributed by atoms with van der Waals surface area (Å²) in [6.45, 7) is 4.36. The quantitative estimate of drug-likeness (QED) is 0.775. The van der Waals surface area contributed by atoms with Gasteiger partial charge in [0, 0.05) is 6.54 Å². The zero-order valence-corrected chi connectivity index (χ0v) is 14.0. The third kappa shape index (κ3) is 5.34. The summed E-state index contributed by atoms with van der Waals surface area (Å²) in [5, 5.41) is 12.4. The Hall–Kier alpha value is -2.42. The average molecular weight is 352 g/mol. The van der Waals surface area contributed by atoms with Crippen LogP contribution in [-0.2, 0) is 4.79 Å². The van der Waals surface area contributed by atoms with Crippen LogP contribution in [0.1, 0.15) is 13.8 Å². The number of amides is 3. The number of thioether (sulfide) groups is 1. The minimum Gasteiger partial charge on any atom is -0.411 e. The normalized spacial score (nSPS) is 10.7. The maximum atomic E-state index is 13.6. The van der Waals surface area contributed by atoms with E-state index in [9.17, 15) is 14.0 Å². The Balaban J connectivity index is 1.84. The highest BCUT2D eigenvalue weighted by Crippen LogP contribution is 2.24. The van der Waals surface area contributed by atoms with Gasteiger partial charge in [0.05, 0.1) is 11.3 Å². The van der Waals surface area contributed by atoms with Crippen LogP contribution in [0.15, 0.2) is 33.9 Å². The average Bonchev–Trinajstić information content (AvgIpc) is 3.00. The van der Waals surface area contributed by atoms with Crippen molar-refractivity contribution in [3.05, 3.63) is 30.1 Å². The lowest BCUT2D eigenvalue weighted by atomic mass is 10.2. The number of carbonyl (C=O) groups excluding carboxylic acids is 2. The molecule has 2 aromatic rings. The molecule has 9 heteroatoms. The van der Waals surface area contributed by atoms with Gasteiger partial charge < -0.3 is 9.73 Å². The predicted molar refractivity (Wildman–Crippen MR) is 86.8 cm³/mol. The van der Waals surface area contributed by atoms with E-state index >= 15 is 0 Å². The fraction of sp³-hybridized carbons (Fsp3) is 0.333. The summed E-state index contributed by atoms with van der Waals surface area (Å²) < 4.78 is 18.9. The summed E-state index contributed by atoms with van der Waals surface area (Å²) in [6, 6.07) is 5.46. The molecule has 0 atom stereocenters. The van der Waals surface area contributed by atoms with Crippen molar-refractivity contribution in [2.24, 2.45) is 5.92 Å². The third-order valence-electron chi connectivity index (χ3n) is 2.76. The molecule has 7 nitrogen and oxygen atoms in total. The van der Waals surface area contributed by atoms with Crippen LogP contribution < -0.4 is 10.6 Å². The monoisotopic (exact) mass is 352 g/mol. The first-order chi connectivity index (χ1) is 11.5. The van der Waals surface area contributed by atoms with Gasteiger partial charge in [-0.25, -0.2) is 9.18 Å². The lowest BCUT2D eigenvalue weighted by Crippen LogP contribution is -2.41. The molecule has 0 aliphatic heterocycles. The van der Waals surface area contributed by atoms with E-state index in [0.29, 0.717) is 6.54 Å². The van der Waals surface area contributed by atoms with Crippen molar-refractivity contribution in [2.75, 3.05) is 12.3 Å². The standard InChI is InChI=1S/C15H17FN4O3S/c1-9(2)7-17-14(22)18-12(21)8-24-15-20-19-13(23-15)10-5-3-4-6-11(10)16/h3-6,9H,7-8H2,1-2H3,(H2,17,18,21,22). The van der Waals surface area contributed by atoms with Gasteiger partial charge in [-0.2, -0.15) is 0 Å². The molecule has 0 radical (unpaired) electrons. The van der Waals surface area contributed by atoms with Gasteiger partial charge in [0.1, 0.15) is 5.82 Å². The van der Waals surface area contributed by atoms with Crippen LogP contribution in [0.25, 0.3) is 11.5 Å². The van der Waals surface area contributed by atoms with E-state index in [1.165, 1.54) is 12.1 Å². The Kier molecular flexibility index (Phi) is 6.30. The lowest BCUT2D eigenvalue weighted by molar-refractivity contribution is -0.117. The van der Waals surface area contributed by atoms with Crippen molar-refractivity contribution in [1.82, 2.24) is 20.8 Å². The molecule has 0 saturated carbocycles. The molecule has 0 unspecified atom stereocenters. The van der Waals surface area contributed by atoms with Crippen molar-refractivity contribution in [3.8, 4) is 11.5 Å². The summed E-state index contributed by atoms with van der Waals surface area (Å²) in [7, 11) is 0. The zero-order valence-electron chi connectivity index (χ0n) is 13.2. The Bertz CT molecular complexity index is 720. The Morgan fingerprint density at radius 2 is 2.04 bits per heavy atom. The number of rotatable bonds is 6. The molecule has 0 fully saturated rings. The Morgan fingerprint density at radius 1 is 1.29 bits per heavy atom. The first kappa shape index (κ1) is 17.9. The fourth-order valence-corrected chi connectivity index (χ4v) is 2.21. The smallest absolute Gasteiger partial charge is 0.321 e. The molecule has 1 heterocycles. The number of hydrogen-bond donors (Lipinski definition) is 2. The van der Waals surface area contributed by atoms with Gasteiger partial charge >= 0.3 is 6.03 Å². The number of nitrogens with one attached hydrogen (secondary N) is 2. The Morgan fingerprint density at radius 3 is 2.75 bits per heavy atom. The Labute approximate surface area is 142 Å². The van der Waals surface area contributed by atoms with Crippen molar-refractivity contribution in [1.29, 1.82) is 0 Å². The number of hydrogen-bond acceptors (Lipinski definition) is 6. The van der Waals surface area contributed by atoms with Crippen LogP contribution in [0, 0.1) is 11.7 Å². The molecule has 1 aromatic heterocycles. The van der Waals surface area contributed by atoms with E-state index in [1.807, 2.05) is 13.8 Å². The van der Waals surface area contributed by atoms with Crippen molar-refractivity contribution in [2.45, 2.75) is 19.1 Å². The van der Waals surface area contributed by atoms with E-state index in [1.54, 1.807) is 12.1 Å². The minimum atomic E-state index is -0.549. The molecule has 3 amide bonds. The van der Waals surface area contributed by atoms with Crippen LogP contribution in [0.3, 0.4) is 0 Å². The molecule has 2 rings (SSSR count). The highest BCUT2D eigenvalue weighted by atomic mass is 32.2. The SMILES string of the molecule is CC(C)CNC(=O)NC(=O)CSc1nnc(-c2ccccc2F)o1. The molecule has 1 aromatic carbocycles. The van der Waals surface area contributed by atoms with E-state index in [4.69, 9.17) is 4.42 Å². The van der Waals surface area contributed by atoms with Gasteiger partial charge in [0.25, 0.3) is 11.1 Å². The number of imide groups is 1. The van der Waals surface area contributed by atoms with Crippen molar-refractivity contribution in [3.63, 3.8) is 0 Å². The maximum Gasteiger partial charge on any atom is 0.321 e. The molecule has 0 saturated heterocycles. The van der Waals surface area contributed by atoms with Gasteiger partial charge in [-0.1, -0.05) is 37.7 Å². The lowest BCUT2D eigenvalue weighted by Gasteiger charge is -2.07. The largest absolute Gasteiger partial charge is 0.411 e.